The molecule has 1 N–H and O–H groups in total. The van der Waals surface area contributed by atoms with Crippen LogP contribution in [0.2, 0.25) is 5.02 Å². The van der Waals surface area contributed by atoms with Gasteiger partial charge in [-0.2, -0.15) is 0 Å². The van der Waals surface area contributed by atoms with Crippen molar-refractivity contribution in [2.75, 3.05) is 0 Å². The molecule has 0 aliphatic carbocycles. The standard InChI is InChI=1S/C9H5BrClNO2/c10-5-1-2-6-8(9(5)11)7(3-12-6)14-4-13/h1-4,12H. The van der Waals surface area contributed by atoms with Crippen molar-refractivity contribution < 1.29 is 9.53 Å². The Morgan fingerprint density at radius 2 is 2.29 bits per heavy atom. The van der Waals surface area contributed by atoms with Gasteiger partial charge in [0.25, 0.3) is 6.47 Å². The van der Waals surface area contributed by atoms with Gasteiger partial charge in [-0.05, 0) is 28.1 Å². The van der Waals surface area contributed by atoms with Crippen LogP contribution in [0.15, 0.2) is 22.8 Å². The maximum absolute atomic E-state index is 10.2. The molecule has 5 heteroatoms. The summed E-state index contributed by atoms with van der Waals surface area (Å²) >= 11 is 9.34. The summed E-state index contributed by atoms with van der Waals surface area (Å²) in [7, 11) is 0. The van der Waals surface area contributed by atoms with Crippen LogP contribution in [0.25, 0.3) is 10.9 Å². The highest BCUT2D eigenvalue weighted by Crippen LogP contribution is 2.36. The van der Waals surface area contributed by atoms with Crippen LogP contribution in [0.4, 0.5) is 0 Å². The van der Waals surface area contributed by atoms with E-state index in [2.05, 4.69) is 20.9 Å². The van der Waals surface area contributed by atoms with E-state index in [9.17, 15) is 4.79 Å². The zero-order valence-electron chi connectivity index (χ0n) is 6.88. The fraction of sp³-hybridized carbons (Fsp3) is 0. The first-order valence-electron chi connectivity index (χ1n) is 3.79. The van der Waals surface area contributed by atoms with Crippen molar-refractivity contribution >= 4 is 44.9 Å². The molecule has 1 aromatic carbocycles. The van der Waals surface area contributed by atoms with Gasteiger partial charge < -0.3 is 9.72 Å². The van der Waals surface area contributed by atoms with Gasteiger partial charge in [-0.3, -0.25) is 4.79 Å². The molecule has 0 amide bonds. The largest absolute Gasteiger partial charge is 0.426 e. The van der Waals surface area contributed by atoms with Crippen molar-refractivity contribution in [1.82, 2.24) is 4.98 Å². The Balaban J connectivity index is 2.75. The minimum absolute atomic E-state index is 0.375. The topological polar surface area (TPSA) is 42.1 Å². The fourth-order valence-electron chi connectivity index (χ4n) is 1.27. The van der Waals surface area contributed by atoms with Crippen molar-refractivity contribution in [3.8, 4) is 5.75 Å². The molecule has 1 aromatic heterocycles. The van der Waals surface area contributed by atoms with Crippen molar-refractivity contribution in [2.24, 2.45) is 0 Å². The van der Waals surface area contributed by atoms with Crippen LogP contribution in [-0.4, -0.2) is 11.5 Å². The van der Waals surface area contributed by atoms with Gasteiger partial charge in [-0.15, -0.1) is 0 Å². The Morgan fingerprint density at radius 3 is 3.00 bits per heavy atom. The summed E-state index contributed by atoms with van der Waals surface area (Å²) in [6, 6.07) is 3.68. The van der Waals surface area contributed by atoms with E-state index in [0.29, 0.717) is 22.6 Å². The normalized spacial score (nSPS) is 10.4. The van der Waals surface area contributed by atoms with Gasteiger partial charge in [-0.1, -0.05) is 11.6 Å². The maximum atomic E-state index is 10.2. The SMILES string of the molecule is O=COc1c[nH]c2ccc(Br)c(Cl)c12. The number of hydrogen-bond acceptors (Lipinski definition) is 2. The number of aromatic nitrogens is 1. The molecule has 0 saturated heterocycles. The highest BCUT2D eigenvalue weighted by atomic mass is 79.9. The molecule has 0 fully saturated rings. The monoisotopic (exact) mass is 273 g/mol. The smallest absolute Gasteiger partial charge is 0.298 e. The Hall–Kier alpha value is -1.000. The number of carbonyl (C=O) groups excluding carboxylic acids is 1. The lowest BCUT2D eigenvalue weighted by Gasteiger charge is -1.99. The van der Waals surface area contributed by atoms with Gasteiger partial charge in [0, 0.05) is 10.7 Å². The lowest BCUT2D eigenvalue weighted by Crippen LogP contribution is -1.86. The quantitative estimate of drug-likeness (QED) is 0.855. The van der Waals surface area contributed by atoms with E-state index in [-0.39, 0.29) is 0 Å². The highest BCUT2D eigenvalue weighted by Gasteiger charge is 2.10. The number of fused-ring (bicyclic) bond motifs is 1. The number of aromatic amines is 1. The first kappa shape index (κ1) is 9.55. The third-order valence-electron chi connectivity index (χ3n) is 1.88. The molecule has 0 saturated carbocycles. The number of benzene rings is 1. The molecule has 0 aliphatic rings. The van der Waals surface area contributed by atoms with Crippen LogP contribution >= 0.6 is 27.5 Å². The third-order valence-corrected chi connectivity index (χ3v) is 3.16. The van der Waals surface area contributed by atoms with Crippen LogP contribution in [0.5, 0.6) is 5.75 Å². The number of ether oxygens (including phenoxy) is 1. The Bertz CT molecular complexity index is 495. The zero-order valence-corrected chi connectivity index (χ0v) is 9.22. The summed E-state index contributed by atoms with van der Waals surface area (Å²) in [5, 5.41) is 1.23. The average Bonchev–Trinajstić information content (AvgIpc) is 2.57. The second kappa shape index (κ2) is 3.63. The first-order chi connectivity index (χ1) is 6.74. The molecule has 0 bridgehead atoms. The molecule has 14 heavy (non-hydrogen) atoms. The second-order valence-electron chi connectivity index (χ2n) is 2.65. The van der Waals surface area contributed by atoms with Crippen molar-refractivity contribution in [1.29, 1.82) is 0 Å². The lowest BCUT2D eigenvalue weighted by molar-refractivity contribution is -0.120. The van der Waals surface area contributed by atoms with Gasteiger partial charge >= 0.3 is 0 Å². The molecule has 0 radical (unpaired) electrons. The van der Waals surface area contributed by atoms with E-state index < -0.39 is 0 Å². The number of carbonyl (C=O) groups is 1. The van der Waals surface area contributed by atoms with E-state index >= 15 is 0 Å². The first-order valence-corrected chi connectivity index (χ1v) is 4.96. The van der Waals surface area contributed by atoms with Crippen molar-refractivity contribution in [3.63, 3.8) is 0 Å². The summed E-state index contributed by atoms with van der Waals surface area (Å²) in [5.74, 6) is 0.432. The Kier molecular flexibility index (Phi) is 2.48. The predicted octanol–water partition coefficient (Wildman–Crippen LogP) is 3.12. The van der Waals surface area contributed by atoms with Crippen LogP contribution < -0.4 is 4.74 Å². The summed E-state index contributed by atoms with van der Waals surface area (Å²) < 4.78 is 5.54. The van der Waals surface area contributed by atoms with Gasteiger partial charge in [-0.25, -0.2) is 0 Å². The molecule has 72 valence electrons. The molecule has 0 atom stereocenters. The van der Waals surface area contributed by atoms with E-state index in [4.69, 9.17) is 16.3 Å². The molecule has 2 rings (SSSR count). The number of hydrogen-bond donors (Lipinski definition) is 1. The molecule has 3 nitrogen and oxygen atoms in total. The van der Waals surface area contributed by atoms with E-state index in [1.807, 2.05) is 12.1 Å². The maximum Gasteiger partial charge on any atom is 0.298 e. The Morgan fingerprint density at radius 1 is 1.50 bits per heavy atom. The van der Waals surface area contributed by atoms with Gasteiger partial charge in [0.1, 0.15) is 0 Å². The van der Waals surface area contributed by atoms with Crippen molar-refractivity contribution in [3.05, 3.63) is 27.8 Å². The predicted molar refractivity (Wildman–Crippen MR) is 57.7 cm³/mol. The van der Waals surface area contributed by atoms with Crippen LogP contribution in [0.3, 0.4) is 0 Å². The number of rotatable bonds is 2. The minimum atomic E-state index is 0.375. The van der Waals surface area contributed by atoms with Gasteiger partial charge in [0.05, 0.1) is 15.9 Å². The number of H-pyrrole nitrogens is 1. The van der Waals surface area contributed by atoms with Gasteiger partial charge in [0.2, 0.25) is 0 Å². The fourth-order valence-corrected chi connectivity index (χ4v) is 1.86. The van der Waals surface area contributed by atoms with Crippen LogP contribution in [-0.2, 0) is 4.79 Å². The molecule has 0 unspecified atom stereocenters. The average molecular weight is 275 g/mol. The second-order valence-corrected chi connectivity index (χ2v) is 3.88. The number of halogens is 2. The summed E-state index contributed by atoms with van der Waals surface area (Å²) in [4.78, 5) is 13.2. The summed E-state index contributed by atoms with van der Waals surface area (Å²) in [6.45, 7) is 0.375. The molecule has 2 aromatic rings. The summed E-state index contributed by atoms with van der Waals surface area (Å²) in [6.07, 6.45) is 1.59. The Labute approximate surface area is 93.1 Å². The third kappa shape index (κ3) is 1.40. The summed E-state index contributed by atoms with van der Waals surface area (Å²) in [5.41, 5.74) is 0.829. The van der Waals surface area contributed by atoms with Crippen LogP contribution in [0, 0.1) is 0 Å². The lowest BCUT2D eigenvalue weighted by atomic mass is 10.2. The van der Waals surface area contributed by atoms with E-state index in [0.717, 1.165) is 9.99 Å². The molecular weight excluding hydrogens is 269 g/mol. The molecule has 0 aliphatic heterocycles. The van der Waals surface area contributed by atoms with Crippen LogP contribution in [0.1, 0.15) is 0 Å². The van der Waals surface area contributed by atoms with Crippen molar-refractivity contribution in [2.45, 2.75) is 0 Å². The van der Waals surface area contributed by atoms with Gasteiger partial charge in [0.15, 0.2) is 5.75 Å². The molecule has 0 spiro atoms. The zero-order chi connectivity index (χ0) is 10.1. The van der Waals surface area contributed by atoms with E-state index in [1.54, 1.807) is 6.20 Å². The highest BCUT2D eigenvalue weighted by molar-refractivity contribution is 9.10. The molecular formula is C9H5BrClNO2. The molecule has 1 heterocycles. The minimum Gasteiger partial charge on any atom is -0.426 e. The number of nitrogens with one attached hydrogen (secondary N) is 1. The van der Waals surface area contributed by atoms with E-state index in [1.165, 1.54) is 0 Å².